The zero-order valence-corrected chi connectivity index (χ0v) is 20.0. The Balaban J connectivity index is 1.10. The number of carbonyl (C=O) groups is 2. The summed E-state index contributed by atoms with van der Waals surface area (Å²) in [5, 5.41) is 7.36. The second-order valence-electron chi connectivity index (χ2n) is 9.30. The SMILES string of the molecule is O=C(Nc1ccc2c(c1)OCCO2)N1CCC(c2ccn3ncc(C(=O)N4CCOCC4)c3c2)CC1. The van der Waals surface area contributed by atoms with Gasteiger partial charge in [0.1, 0.15) is 13.2 Å². The molecular formula is C26H29N5O5. The normalized spacial score (nSPS) is 18.3. The number of carbonyl (C=O) groups excluding carboxylic acids is 2. The highest BCUT2D eigenvalue weighted by Gasteiger charge is 2.26. The molecule has 0 atom stereocenters. The molecule has 1 N–H and O–H groups in total. The van der Waals surface area contributed by atoms with Gasteiger partial charge in [0, 0.05) is 44.1 Å². The molecule has 5 heterocycles. The summed E-state index contributed by atoms with van der Waals surface area (Å²) >= 11 is 0. The van der Waals surface area contributed by atoms with E-state index in [2.05, 4.69) is 22.5 Å². The van der Waals surface area contributed by atoms with Crippen molar-refractivity contribution < 1.29 is 23.8 Å². The number of hydrogen-bond donors (Lipinski definition) is 1. The smallest absolute Gasteiger partial charge is 0.321 e. The molecule has 0 spiro atoms. The number of pyridine rings is 1. The van der Waals surface area contributed by atoms with Gasteiger partial charge in [0.05, 0.1) is 30.5 Å². The monoisotopic (exact) mass is 491 g/mol. The maximum atomic E-state index is 13.1. The van der Waals surface area contributed by atoms with E-state index in [1.165, 1.54) is 5.56 Å². The van der Waals surface area contributed by atoms with Crippen LogP contribution in [0.4, 0.5) is 10.5 Å². The quantitative estimate of drug-likeness (QED) is 0.605. The number of morpholine rings is 1. The molecule has 2 fully saturated rings. The molecule has 1 aromatic carbocycles. The van der Waals surface area contributed by atoms with Gasteiger partial charge in [-0.1, -0.05) is 0 Å². The van der Waals surface area contributed by atoms with Crippen LogP contribution in [0.1, 0.15) is 34.7 Å². The standard InChI is InChI=1S/C26H29N5O5/c32-25(29-9-11-34-12-10-29)21-17-27-31-8-5-19(15-22(21)31)18-3-6-30(7-4-18)26(33)28-20-1-2-23-24(16-20)36-14-13-35-23/h1-2,5,8,15-18H,3-4,6-7,9-14H2,(H,28,33). The third-order valence-electron chi connectivity index (χ3n) is 7.12. The van der Waals surface area contributed by atoms with E-state index in [4.69, 9.17) is 14.2 Å². The Hall–Kier alpha value is -3.79. The number of nitrogens with zero attached hydrogens (tertiary/aromatic N) is 4. The number of anilines is 1. The fourth-order valence-electron chi connectivity index (χ4n) is 5.09. The van der Waals surface area contributed by atoms with Gasteiger partial charge in [0.25, 0.3) is 5.91 Å². The molecule has 6 rings (SSSR count). The highest BCUT2D eigenvalue weighted by molar-refractivity contribution is 6.00. The van der Waals surface area contributed by atoms with E-state index in [0.717, 1.165) is 18.4 Å². The van der Waals surface area contributed by atoms with Crippen LogP contribution in [-0.2, 0) is 4.74 Å². The fourth-order valence-corrected chi connectivity index (χ4v) is 5.09. The van der Waals surface area contributed by atoms with Crippen LogP contribution in [-0.4, -0.2) is 84.0 Å². The van der Waals surface area contributed by atoms with Crippen molar-refractivity contribution in [3.63, 3.8) is 0 Å². The van der Waals surface area contributed by atoms with Gasteiger partial charge in [0.15, 0.2) is 11.5 Å². The molecule has 0 radical (unpaired) electrons. The minimum atomic E-state index is -0.116. The predicted molar refractivity (Wildman–Crippen MR) is 132 cm³/mol. The summed E-state index contributed by atoms with van der Waals surface area (Å²) < 4.78 is 18.3. The number of likely N-dealkylation sites (tertiary alicyclic amines) is 1. The molecule has 36 heavy (non-hydrogen) atoms. The molecular weight excluding hydrogens is 462 g/mol. The molecule has 3 aliphatic heterocycles. The molecule has 2 aromatic heterocycles. The maximum Gasteiger partial charge on any atom is 0.321 e. The summed E-state index contributed by atoms with van der Waals surface area (Å²) in [6, 6.07) is 9.48. The van der Waals surface area contributed by atoms with Gasteiger partial charge in [-0.2, -0.15) is 5.10 Å². The number of amides is 3. The first-order valence-corrected chi connectivity index (χ1v) is 12.5. The van der Waals surface area contributed by atoms with Crippen molar-refractivity contribution in [2.75, 3.05) is 57.9 Å². The minimum absolute atomic E-state index is 0.00363. The predicted octanol–water partition coefficient (Wildman–Crippen LogP) is 2.99. The minimum Gasteiger partial charge on any atom is -0.486 e. The van der Waals surface area contributed by atoms with E-state index in [9.17, 15) is 9.59 Å². The molecule has 0 bridgehead atoms. The molecule has 0 unspecified atom stereocenters. The zero-order valence-electron chi connectivity index (χ0n) is 20.0. The maximum absolute atomic E-state index is 13.1. The first-order chi connectivity index (χ1) is 17.7. The van der Waals surface area contributed by atoms with Crippen molar-refractivity contribution in [1.29, 1.82) is 0 Å². The summed E-state index contributed by atoms with van der Waals surface area (Å²) in [5.74, 6) is 1.66. The number of piperidine rings is 1. The number of fused-ring (bicyclic) bond motifs is 2. The third-order valence-corrected chi connectivity index (χ3v) is 7.12. The Morgan fingerprint density at radius 3 is 2.47 bits per heavy atom. The van der Waals surface area contributed by atoms with E-state index in [1.54, 1.807) is 16.8 Å². The summed E-state index contributed by atoms with van der Waals surface area (Å²) in [5.41, 5.74) is 3.30. The summed E-state index contributed by atoms with van der Waals surface area (Å²) in [7, 11) is 0. The Bertz CT molecular complexity index is 1280. The van der Waals surface area contributed by atoms with Gasteiger partial charge >= 0.3 is 6.03 Å². The number of urea groups is 1. The lowest BCUT2D eigenvalue weighted by atomic mass is 9.89. The third kappa shape index (κ3) is 4.44. The molecule has 188 valence electrons. The Morgan fingerprint density at radius 1 is 0.889 bits per heavy atom. The van der Waals surface area contributed by atoms with E-state index < -0.39 is 0 Å². The molecule has 3 aromatic rings. The Kier molecular flexibility index (Phi) is 6.10. The number of ether oxygens (including phenoxy) is 3. The largest absolute Gasteiger partial charge is 0.486 e. The zero-order chi connectivity index (χ0) is 24.5. The van der Waals surface area contributed by atoms with Crippen molar-refractivity contribution >= 4 is 23.1 Å². The molecule has 2 saturated heterocycles. The van der Waals surface area contributed by atoms with Crippen molar-refractivity contribution in [3.8, 4) is 11.5 Å². The highest BCUT2D eigenvalue weighted by Crippen LogP contribution is 2.33. The first kappa shape index (κ1) is 22.7. The molecule has 0 saturated carbocycles. The van der Waals surface area contributed by atoms with Crippen LogP contribution in [0.3, 0.4) is 0 Å². The van der Waals surface area contributed by atoms with Gasteiger partial charge < -0.3 is 29.3 Å². The number of aromatic nitrogens is 2. The van der Waals surface area contributed by atoms with Gasteiger partial charge in [-0.15, -0.1) is 0 Å². The lowest BCUT2D eigenvalue weighted by Gasteiger charge is -2.32. The number of nitrogens with one attached hydrogen (secondary N) is 1. The van der Waals surface area contributed by atoms with Crippen LogP contribution in [0.25, 0.3) is 5.52 Å². The van der Waals surface area contributed by atoms with E-state index in [0.29, 0.717) is 81.3 Å². The van der Waals surface area contributed by atoms with Crippen LogP contribution in [0.15, 0.2) is 42.7 Å². The Morgan fingerprint density at radius 2 is 1.67 bits per heavy atom. The van der Waals surface area contributed by atoms with Crippen LogP contribution in [0.5, 0.6) is 11.5 Å². The van der Waals surface area contributed by atoms with Crippen LogP contribution in [0, 0.1) is 0 Å². The van der Waals surface area contributed by atoms with Crippen LogP contribution < -0.4 is 14.8 Å². The fraction of sp³-hybridized carbons (Fsp3) is 0.423. The summed E-state index contributed by atoms with van der Waals surface area (Å²) in [4.78, 5) is 29.6. The van der Waals surface area contributed by atoms with Crippen LogP contribution in [0.2, 0.25) is 0 Å². The average Bonchev–Trinajstić information content (AvgIpc) is 3.36. The number of hydrogen-bond acceptors (Lipinski definition) is 6. The molecule has 3 aliphatic rings. The summed E-state index contributed by atoms with van der Waals surface area (Å²) in [6.07, 6.45) is 5.28. The second kappa shape index (κ2) is 9.69. The van der Waals surface area contributed by atoms with E-state index in [-0.39, 0.29) is 11.9 Å². The van der Waals surface area contributed by atoms with E-state index in [1.807, 2.05) is 28.1 Å². The molecule has 10 nitrogen and oxygen atoms in total. The molecule has 0 aliphatic carbocycles. The van der Waals surface area contributed by atoms with E-state index >= 15 is 0 Å². The van der Waals surface area contributed by atoms with Gasteiger partial charge in [-0.05, 0) is 48.6 Å². The van der Waals surface area contributed by atoms with Crippen LogP contribution >= 0.6 is 0 Å². The first-order valence-electron chi connectivity index (χ1n) is 12.5. The number of benzene rings is 1. The van der Waals surface area contributed by atoms with Gasteiger partial charge in [-0.25, -0.2) is 9.31 Å². The average molecular weight is 492 g/mol. The van der Waals surface area contributed by atoms with Crippen molar-refractivity contribution in [2.45, 2.75) is 18.8 Å². The van der Waals surface area contributed by atoms with Crippen molar-refractivity contribution in [1.82, 2.24) is 19.4 Å². The molecule has 3 amide bonds. The van der Waals surface area contributed by atoms with Gasteiger partial charge in [-0.3, -0.25) is 4.79 Å². The van der Waals surface area contributed by atoms with Crippen molar-refractivity contribution in [2.24, 2.45) is 0 Å². The lowest BCUT2D eigenvalue weighted by Crippen LogP contribution is -2.40. The topological polar surface area (TPSA) is 97.6 Å². The number of rotatable bonds is 3. The van der Waals surface area contributed by atoms with Crippen molar-refractivity contribution in [3.05, 3.63) is 53.9 Å². The summed E-state index contributed by atoms with van der Waals surface area (Å²) in [6.45, 7) is 4.69. The Labute approximate surface area is 208 Å². The molecule has 10 heteroatoms. The van der Waals surface area contributed by atoms with Gasteiger partial charge in [0.2, 0.25) is 0 Å². The highest BCUT2D eigenvalue weighted by atomic mass is 16.6. The second-order valence-corrected chi connectivity index (χ2v) is 9.30. The lowest BCUT2D eigenvalue weighted by molar-refractivity contribution is 0.0304.